The second-order valence-corrected chi connectivity index (χ2v) is 8.81. The molecule has 8 nitrogen and oxygen atoms in total. The first-order valence-corrected chi connectivity index (χ1v) is 10.5. The lowest BCUT2D eigenvalue weighted by Crippen LogP contribution is -2.45. The van der Waals surface area contributed by atoms with Gasteiger partial charge in [0.2, 0.25) is 0 Å². The van der Waals surface area contributed by atoms with Gasteiger partial charge in [-0.3, -0.25) is 0 Å². The summed E-state index contributed by atoms with van der Waals surface area (Å²) in [6.45, 7) is 7.44. The Bertz CT molecular complexity index is 907. The van der Waals surface area contributed by atoms with Gasteiger partial charge in [-0.2, -0.15) is 0 Å². The molecule has 0 fully saturated rings. The Labute approximate surface area is 160 Å². The summed E-state index contributed by atoms with van der Waals surface area (Å²) < 4.78 is 27.1. The number of rotatable bonds is 7. The van der Waals surface area contributed by atoms with Gasteiger partial charge in [0, 0.05) is 13.1 Å². The van der Waals surface area contributed by atoms with Gasteiger partial charge in [0.15, 0.2) is 15.7 Å². The number of urea groups is 1. The molecule has 0 aliphatic heterocycles. The molecular weight excluding hydrogens is 366 g/mol. The zero-order valence-electron chi connectivity index (χ0n) is 16.4. The van der Waals surface area contributed by atoms with Crippen molar-refractivity contribution in [3.8, 4) is 0 Å². The Kier molecular flexibility index (Phi) is 6.59. The van der Waals surface area contributed by atoms with E-state index in [1.807, 2.05) is 20.8 Å². The fourth-order valence-corrected chi connectivity index (χ4v) is 4.38. The van der Waals surface area contributed by atoms with Crippen molar-refractivity contribution in [3.63, 3.8) is 0 Å². The third-order valence-electron chi connectivity index (χ3n) is 4.57. The Morgan fingerprint density at radius 2 is 1.93 bits per heavy atom. The Balaban J connectivity index is 2.02. The van der Waals surface area contributed by atoms with Crippen LogP contribution in [0.5, 0.6) is 0 Å². The summed E-state index contributed by atoms with van der Waals surface area (Å²) in [5.74, 6) is 0.457. The fourth-order valence-electron chi connectivity index (χ4n) is 2.70. The van der Waals surface area contributed by atoms with E-state index in [0.29, 0.717) is 12.2 Å². The van der Waals surface area contributed by atoms with E-state index in [-0.39, 0.29) is 16.7 Å². The molecule has 1 heterocycles. The van der Waals surface area contributed by atoms with Crippen LogP contribution >= 0.6 is 0 Å². The van der Waals surface area contributed by atoms with Gasteiger partial charge < -0.3 is 15.2 Å². The Hall–Kier alpha value is -2.42. The van der Waals surface area contributed by atoms with Crippen LogP contribution in [-0.4, -0.2) is 41.0 Å². The molecular formula is C18H27N5O3S. The number of amides is 2. The maximum atomic E-state index is 12.7. The minimum absolute atomic E-state index is 0.155. The lowest BCUT2D eigenvalue weighted by molar-refractivity contribution is 0.234. The zero-order valence-corrected chi connectivity index (χ0v) is 17.2. The average Bonchev–Trinajstić information content (AvgIpc) is 3.02. The number of aryl methyl sites for hydroxylation is 3. The molecule has 9 heteroatoms. The maximum absolute atomic E-state index is 12.7. The zero-order chi connectivity index (χ0) is 20.2. The molecule has 0 radical (unpaired) electrons. The molecule has 2 atom stereocenters. The van der Waals surface area contributed by atoms with Gasteiger partial charge in [-0.15, -0.1) is 10.2 Å². The first-order valence-electron chi connectivity index (χ1n) is 8.85. The number of nitrogens with zero attached hydrogens (tertiary/aromatic N) is 3. The van der Waals surface area contributed by atoms with E-state index in [4.69, 9.17) is 0 Å². The number of hydrogen-bond donors (Lipinski definition) is 2. The maximum Gasteiger partial charge on any atom is 0.315 e. The lowest BCUT2D eigenvalue weighted by atomic mass is 10.1. The topological polar surface area (TPSA) is 106 Å². The number of carbonyl (C=O) groups excluding carboxylic acids is 1. The van der Waals surface area contributed by atoms with Crippen molar-refractivity contribution < 1.29 is 13.2 Å². The summed E-state index contributed by atoms with van der Waals surface area (Å²) in [5.41, 5.74) is 1.96. The molecule has 0 saturated carbocycles. The van der Waals surface area contributed by atoms with Crippen LogP contribution in [0.2, 0.25) is 0 Å². The Morgan fingerprint density at radius 1 is 1.22 bits per heavy atom. The highest BCUT2D eigenvalue weighted by atomic mass is 32.2. The van der Waals surface area contributed by atoms with E-state index in [9.17, 15) is 13.2 Å². The SMILES string of the molecule is CC[C@H](CS(=O)(=O)c1ccc(C)c(C)c1)NC(=O)N[C@@H](C)c1nncn1C. The molecule has 27 heavy (non-hydrogen) atoms. The summed E-state index contributed by atoms with van der Waals surface area (Å²) in [5, 5.41) is 13.2. The number of sulfone groups is 1. The van der Waals surface area contributed by atoms with Gasteiger partial charge in [0.25, 0.3) is 0 Å². The summed E-state index contributed by atoms with van der Waals surface area (Å²) in [6.07, 6.45) is 2.05. The van der Waals surface area contributed by atoms with Crippen molar-refractivity contribution in [1.82, 2.24) is 25.4 Å². The molecule has 1 aromatic heterocycles. The molecule has 148 valence electrons. The minimum Gasteiger partial charge on any atom is -0.334 e. The lowest BCUT2D eigenvalue weighted by Gasteiger charge is -2.20. The molecule has 0 aliphatic rings. The van der Waals surface area contributed by atoms with Crippen molar-refractivity contribution >= 4 is 15.9 Å². The number of carbonyl (C=O) groups is 1. The van der Waals surface area contributed by atoms with Gasteiger partial charge >= 0.3 is 6.03 Å². The molecule has 2 aromatic rings. The van der Waals surface area contributed by atoms with Crippen LogP contribution < -0.4 is 10.6 Å². The van der Waals surface area contributed by atoms with Crippen LogP contribution in [0.3, 0.4) is 0 Å². The first kappa shape index (κ1) is 20.9. The highest BCUT2D eigenvalue weighted by Crippen LogP contribution is 2.17. The van der Waals surface area contributed by atoms with Crippen molar-refractivity contribution in [3.05, 3.63) is 41.5 Å². The van der Waals surface area contributed by atoms with Crippen molar-refractivity contribution in [2.24, 2.45) is 7.05 Å². The summed E-state index contributed by atoms with van der Waals surface area (Å²) in [6, 6.07) is 3.79. The van der Waals surface area contributed by atoms with Crippen LogP contribution in [0, 0.1) is 13.8 Å². The van der Waals surface area contributed by atoms with E-state index in [0.717, 1.165) is 11.1 Å². The van der Waals surface area contributed by atoms with Crippen LogP contribution in [0.25, 0.3) is 0 Å². The normalized spacial score (nSPS) is 13.8. The van der Waals surface area contributed by atoms with E-state index in [1.165, 1.54) is 0 Å². The summed E-state index contributed by atoms with van der Waals surface area (Å²) in [7, 11) is -1.72. The molecule has 0 aliphatic carbocycles. The standard InChI is InChI=1S/C18H27N5O3S/c1-6-15(10-27(25,26)16-8-7-12(2)13(3)9-16)21-18(24)20-14(4)17-22-19-11-23(17)5/h7-9,11,14-15H,6,10H2,1-5H3,(H2,20,21,24)/t14-,15+/m0/s1. The summed E-state index contributed by atoms with van der Waals surface area (Å²) in [4.78, 5) is 12.6. The monoisotopic (exact) mass is 393 g/mol. The molecule has 2 rings (SSSR count). The third kappa shape index (κ3) is 5.29. The van der Waals surface area contributed by atoms with Crippen molar-refractivity contribution in [2.45, 2.75) is 51.1 Å². The molecule has 2 amide bonds. The van der Waals surface area contributed by atoms with E-state index in [1.54, 1.807) is 43.1 Å². The quantitative estimate of drug-likeness (QED) is 0.749. The van der Waals surface area contributed by atoms with Crippen molar-refractivity contribution in [2.75, 3.05) is 5.75 Å². The van der Waals surface area contributed by atoms with Gasteiger partial charge in [-0.05, 0) is 50.5 Å². The van der Waals surface area contributed by atoms with Crippen LogP contribution in [0.1, 0.15) is 43.3 Å². The van der Waals surface area contributed by atoms with Gasteiger partial charge in [-0.25, -0.2) is 13.2 Å². The largest absolute Gasteiger partial charge is 0.334 e. The summed E-state index contributed by atoms with van der Waals surface area (Å²) >= 11 is 0. The van der Waals surface area contributed by atoms with E-state index in [2.05, 4.69) is 20.8 Å². The van der Waals surface area contributed by atoms with Gasteiger partial charge in [0.05, 0.1) is 16.7 Å². The number of hydrogen-bond acceptors (Lipinski definition) is 5. The van der Waals surface area contributed by atoms with Crippen molar-refractivity contribution in [1.29, 1.82) is 0 Å². The number of benzene rings is 1. The van der Waals surface area contributed by atoms with E-state index >= 15 is 0 Å². The molecule has 0 unspecified atom stereocenters. The minimum atomic E-state index is -3.50. The molecule has 1 aromatic carbocycles. The molecule has 2 N–H and O–H groups in total. The Morgan fingerprint density at radius 3 is 2.48 bits per heavy atom. The first-order chi connectivity index (χ1) is 12.6. The highest BCUT2D eigenvalue weighted by Gasteiger charge is 2.23. The second-order valence-electron chi connectivity index (χ2n) is 6.77. The van der Waals surface area contributed by atoms with Crippen LogP contribution in [0.15, 0.2) is 29.4 Å². The predicted molar refractivity (Wildman–Crippen MR) is 103 cm³/mol. The fraction of sp³-hybridized carbons (Fsp3) is 0.500. The van der Waals surface area contributed by atoms with E-state index < -0.39 is 21.9 Å². The number of nitrogens with one attached hydrogen (secondary N) is 2. The number of aromatic nitrogens is 3. The molecule has 0 bridgehead atoms. The highest BCUT2D eigenvalue weighted by molar-refractivity contribution is 7.91. The van der Waals surface area contributed by atoms with Gasteiger partial charge in [0.1, 0.15) is 6.33 Å². The second kappa shape index (κ2) is 8.51. The average molecular weight is 394 g/mol. The predicted octanol–water partition coefficient (Wildman–Crippen LogP) is 2.04. The van der Waals surface area contributed by atoms with Crippen LogP contribution in [0.4, 0.5) is 4.79 Å². The molecule has 0 spiro atoms. The smallest absolute Gasteiger partial charge is 0.315 e. The molecule has 0 saturated heterocycles. The van der Waals surface area contributed by atoms with Gasteiger partial charge in [-0.1, -0.05) is 13.0 Å². The third-order valence-corrected chi connectivity index (χ3v) is 6.38. The van der Waals surface area contributed by atoms with Crippen LogP contribution in [-0.2, 0) is 16.9 Å².